The molecule has 3 N–H and O–H groups in total. The van der Waals surface area contributed by atoms with Crippen LogP contribution in [-0.4, -0.2) is 35.4 Å². The van der Waals surface area contributed by atoms with Gasteiger partial charge in [0, 0.05) is 19.2 Å². The van der Waals surface area contributed by atoms with Gasteiger partial charge in [0.15, 0.2) is 11.7 Å². The number of aromatic nitrogens is 1. The van der Waals surface area contributed by atoms with Gasteiger partial charge in [-0.25, -0.2) is 4.99 Å². The quantitative estimate of drug-likeness (QED) is 0.451. The fourth-order valence-corrected chi connectivity index (χ4v) is 2.55. The molecule has 7 heteroatoms. The first kappa shape index (κ1) is 21.8. The lowest BCUT2D eigenvalue weighted by atomic mass is 10.1. The lowest BCUT2D eigenvalue weighted by molar-refractivity contribution is 0.179. The van der Waals surface area contributed by atoms with Crippen molar-refractivity contribution in [2.75, 3.05) is 13.1 Å². The third kappa shape index (κ3) is 6.88. The van der Waals surface area contributed by atoms with E-state index >= 15 is 0 Å². The third-order valence-corrected chi connectivity index (χ3v) is 3.98. The topological polar surface area (TPSA) is 91.9 Å². The molecule has 1 aromatic heterocycles. The average molecular weight is 389 g/mol. The normalized spacial score (nSPS) is 13.1. The van der Waals surface area contributed by atoms with Crippen molar-refractivity contribution in [3.05, 3.63) is 47.3 Å². The van der Waals surface area contributed by atoms with Crippen LogP contribution < -0.4 is 15.4 Å². The molecule has 2 rings (SSSR count). The first-order valence-corrected chi connectivity index (χ1v) is 9.81. The largest absolute Gasteiger partial charge is 0.491 e. The maximum atomic E-state index is 10.5. The molecule has 0 saturated carbocycles. The third-order valence-electron chi connectivity index (χ3n) is 3.98. The zero-order valence-corrected chi connectivity index (χ0v) is 17.4. The molecule has 7 nitrogen and oxygen atoms in total. The van der Waals surface area contributed by atoms with Crippen molar-refractivity contribution in [2.24, 2.45) is 4.99 Å². The summed E-state index contributed by atoms with van der Waals surface area (Å²) in [5, 5.41) is 20.9. The second kappa shape index (κ2) is 10.7. The molecule has 0 fully saturated rings. The van der Waals surface area contributed by atoms with Crippen molar-refractivity contribution in [1.29, 1.82) is 0 Å². The number of nitrogens with one attached hydrogen (secondary N) is 2. The van der Waals surface area contributed by atoms with Crippen LogP contribution in [0.2, 0.25) is 0 Å². The number of hydrogen-bond donors (Lipinski definition) is 3. The van der Waals surface area contributed by atoms with Crippen LogP contribution in [0.4, 0.5) is 0 Å². The van der Waals surface area contributed by atoms with E-state index in [0.717, 1.165) is 17.0 Å². The second-order valence-corrected chi connectivity index (χ2v) is 7.20. The summed E-state index contributed by atoms with van der Waals surface area (Å²) >= 11 is 0. The fraction of sp³-hybridized carbons (Fsp3) is 0.524. The number of aliphatic hydroxyl groups is 1. The van der Waals surface area contributed by atoms with Crippen molar-refractivity contribution >= 4 is 5.96 Å². The summed E-state index contributed by atoms with van der Waals surface area (Å²) in [6.45, 7) is 11.5. The van der Waals surface area contributed by atoms with Gasteiger partial charge in [0.05, 0.1) is 17.9 Å². The Morgan fingerprint density at radius 3 is 2.64 bits per heavy atom. The molecule has 0 aliphatic heterocycles. The Hall–Kier alpha value is -2.54. The minimum Gasteiger partial charge on any atom is -0.491 e. The maximum absolute atomic E-state index is 10.5. The molecule has 2 aromatic rings. The van der Waals surface area contributed by atoms with Crippen LogP contribution in [0, 0.1) is 0 Å². The van der Waals surface area contributed by atoms with Crippen molar-refractivity contribution in [3.63, 3.8) is 0 Å². The minimum atomic E-state index is -0.683. The zero-order chi connectivity index (χ0) is 20.5. The number of rotatable bonds is 9. The number of ether oxygens (including phenoxy) is 1. The molecular weight excluding hydrogens is 356 g/mol. The highest BCUT2D eigenvalue weighted by atomic mass is 16.5. The zero-order valence-electron chi connectivity index (χ0n) is 17.4. The summed E-state index contributed by atoms with van der Waals surface area (Å²) in [6.07, 6.45) is -0.595. The van der Waals surface area contributed by atoms with Crippen LogP contribution in [0.1, 0.15) is 63.7 Å². The molecule has 0 spiro atoms. The van der Waals surface area contributed by atoms with Crippen LogP contribution >= 0.6 is 0 Å². The van der Waals surface area contributed by atoms with E-state index in [1.165, 1.54) is 0 Å². The molecule has 0 amide bonds. The molecule has 0 radical (unpaired) electrons. The smallest absolute Gasteiger partial charge is 0.191 e. The molecule has 1 atom stereocenters. The van der Waals surface area contributed by atoms with E-state index in [4.69, 9.17) is 9.26 Å². The van der Waals surface area contributed by atoms with E-state index < -0.39 is 6.10 Å². The van der Waals surface area contributed by atoms with Gasteiger partial charge in [0.25, 0.3) is 0 Å². The SMILES string of the molecule is CCNC(=NCc1cc(C(C)C)no1)NCC(O)c1cccc(OC(C)C)c1. The molecule has 0 bridgehead atoms. The molecule has 1 heterocycles. The number of nitrogens with zero attached hydrogens (tertiary/aromatic N) is 2. The Morgan fingerprint density at radius 1 is 1.21 bits per heavy atom. The summed E-state index contributed by atoms with van der Waals surface area (Å²) < 4.78 is 11.0. The van der Waals surface area contributed by atoms with Crippen LogP contribution in [-0.2, 0) is 6.54 Å². The lowest BCUT2D eigenvalue weighted by Gasteiger charge is -2.17. The van der Waals surface area contributed by atoms with E-state index in [1.54, 1.807) is 0 Å². The van der Waals surface area contributed by atoms with Crippen LogP contribution in [0.25, 0.3) is 0 Å². The van der Waals surface area contributed by atoms with Crippen molar-refractivity contribution in [1.82, 2.24) is 15.8 Å². The summed E-state index contributed by atoms with van der Waals surface area (Å²) in [7, 11) is 0. The highest BCUT2D eigenvalue weighted by Crippen LogP contribution is 2.20. The first-order valence-electron chi connectivity index (χ1n) is 9.81. The molecular formula is C21H32N4O3. The van der Waals surface area contributed by atoms with E-state index in [9.17, 15) is 5.11 Å². The molecule has 28 heavy (non-hydrogen) atoms. The number of aliphatic imine (C=N–C) groups is 1. The Labute approximate surface area is 167 Å². The number of benzene rings is 1. The van der Waals surface area contributed by atoms with Crippen LogP contribution in [0.3, 0.4) is 0 Å². The first-order chi connectivity index (χ1) is 13.4. The summed E-state index contributed by atoms with van der Waals surface area (Å²) in [4.78, 5) is 4.50. The van der Waals surface area contributed by atoms with Gasteiger partial charge >= 0.3 is 0 Å². The molecule has 1 unspecified atom stereocenters. The van der Waals surface area contributed by atoms with Gasteiger partial charge in [-0.15, -0.1) is 0 Å². The van der Waals surface area contributed by atoms with E-state index in [2.05, 4.69) is 34.6 Å². The average Bonchev–Trinajstić information content (AvgIpc) is 3.13. The van der Waals surface area contributed by atoms with Gasteiger partial charge < -0.3 is 25.0 Å². The van der Waals surface area contributed by atoms with Crippen molar-refractivity contribution in [2.45, 2.75) is 59.3 Å². The van der Waals surface area contributed by atoms with E-state index in [-0.39, 0.29) is 6.10 Å². The Kier molecular flexibility index (Phi) is 8.32. The predicted octanol–water partition coefficient (Wildman–Crippen LogP) is 3.37. The Morgan fingerprint density at radius 2 is 2.00 bits per heavy atom. The van der Waals surface area contributed by atoms with E-state index in [1.807, 2.05) is 51.1 Å². The standard InChI is InChI=1S/C21H32N4O3/c1-6-22-21(23-12-18-11-19(14(2)3)25-28-18)24-13-20(26)16-8-7-9-17(10-16)27-15(4)5/h7-11,14-15,20,26H,6,12-13H2,1-5H3,(H2,22,23,24). The molecule has 0 saturated heterocycles. The van der Waals surface area contributed by atoms with Crippen LogP contribution in [0.5, 0.6) is 5.75 Å². The monoisotopic (exact) mass is 388 g/mol. The van der Waals surface area contributed by atoms with Gasteiger partial charge in [0.2, 0.25) is 0 Å². The van der Waals surface area contributed by atoms with Crippen molar-refractivity contribution < 1.29 is 14.4 Å². The molecule has 0 aliphatic carbocycles. The highest BCUT2D eigenvalue weighted by Gasteiger charge is 2.11. The predicted molar refractivity (Wildman–Crippen MR) is 111 cm³/mol. The summed E-state index contributed by atoms with van der Waals surface area (Å²) in [5.74, 6) is 2.38. The highest BCUT2D eigenvalue weighted by molar-refractivity contribution is 5.79. The summed E-state index contributed by atoms with van der Waals surface area (Å²) in [6, 6.07) is 9.43. The number of hydrogen-bond acceptors (Lipinski definition) is 5. The Balaban J connectivity index is 1.95. The van der Waals surface area contributed by atoms with Crippen LogP contribution in [0.15, 0.2) is 39.8 Å². The molecule has 1 aromatic carbocycles. The second-order valence-electron chi connectivity index (χ2n) is 7.20. The van der Waals surface area contributed by atoms with E-state index in [0.29, 0.717) is 37.3 Å². The number of guanidine groups is 1. The maximum Gasteiger partial charge on any atom is 0.191 e. The van der Waals surface area contributed by atoms with Gasteiger partial charge in [-0.05, 0) is 44.4 Å². The fourth-order valence-electron chi connectivity index (χ4n) is 2.55. The van der Waals surface area contributed by atoms with Crippen molar-refractivity contribution in [3.8, 4) is 5.75 Å². The van der Waals surface area contributed by atoms with Gasteiger partial charge in [-0.1, -0.05) is 31.1 Å². The lowest BCUT2D eigenvalue weighted by Crippen LogP contribution is -2.39. The number of aliphatic hydroxyl groups excluding tert-OH is 1. The summed E-state index contributed by atoms with van der Waals surface area (Å²) in [5.41, 5.74) is 1.71. The minimum absolute atomic E-state index is 0.0883. The van der Waals surface area contributed by atoms with Gasteiger partial charge in [-0.3, -0.25) is 0 Å². The Bertz CT molecular complexity index is 756. The molecule has 154 valence electrons. The van der Waals surface area contributed by atoms with Gasteiger partial charge in [-0.2, -0.15) is 0 Å². The molecule has 0 aliphatic rings. The van der Waals surface area contributed by atoms with Gasteiger partial charge in [0.1, 0.15) is 12.3 Å².